The second-order valence-corrected chi connectivity index (χ2v) is 4.30. The van der Waals surface area contributed by atoms with Crippen LogP contribution in [0, 0.1) is 0 Å². The molecule has 0 saturated carbocycles. The third-order valence-electron chi connectivity index (χ3n) is 2.44. The molecular formula is C15H12ClNO2. The van der Waals surface area contributed by atoms with Gasteiger partial charge in [-0.2, -0.15) is 0 Å². The van der Waals surface area contributed by atoms with Crippen molar-refractivity contribution in [2.24, 2.45) is 0 Å². The molecule has 0 saturated heterocycles. The van der Waals surface area contributed by atoms with Crippen molar-refractivity contribution in [2.75, 3.05) is 5.32 Å². The van der Waals surface area contributed by atoms with Crippen molar-refractivity contribution in [1.29, 1.82) is 0 Å². The van der Waals surface area contributed by atoms with E-state index in [1.54, 1.807) is 12.1 Å². The van der Waals surface area contributed by atoms with Crippen LogP contribution >= 0.6 is 11.6 Å². The van der Waals surface area contributed by atoms with Crippen LogP contribution in [-0.2, 0) is 4.79 Å². The summed E-state index contributed by atoms with van der Waals surface area (Å²) in [5.41, 5.74) is 1.40. The third-order valence-corrected chi connectivity index (χ3v) is 2.75. The van der Waals surface area contributed by atoms with Crippen LogP contribution in [-0.4, -0.2) is 11.0 Å². The molecule has 0 aliphatic rings. The summed E-state index contributed by atoms with van der Waals surface area (Å²) in [6.45, 7) is 0. The van der Waals surface area contributed by atoms with Gasteiger partial charge in [0, 0.05) is 12.1 Å². The first-order valence-electron chi connectivity index (χ1n) is 5.68. The van der Waals surface area contributed by atoms with E-state index < -0.39 is 0 Å². The smallest absolute Gasteiger partial charge is 0.248 e. The van der Waals surface area contributed by atoms with Crippen LogP contribution < -0.4 is 5.32 Å². The van der Waals surface area contributed by atoms with Crippen LogP contribution in [0.3, 0.4) is 0 Å². The van der Waals surface area contributed by atoms with Crippen molar-refractivity contribution in [2.45, 2.75) is 0 Å². The van der Waals surface area contributed by atoms with Crippen LogP contribution in [0.2, 0.25) is 5.02 Å². The molecule has 3 nitrogen and oxygen atoms in total. The van der Waals surface area contributed by atoms with E-state index in [2.05, 4.69) is 5.32 Å². The van der Waals surface area contributed by atoms with Crippen molar-refractivity contribution in [1.82, 2.24) is 0 Å². The van der Waals surface area contributed by atoms with Gasteiger partial charge in [-0.05, 0) is 23.8 Å². The number of nitrogens with one attached hydrogen (secondary N) is 1. The number of phenolic OH excluding ortho intramolecular Hbond substituents is 1. The fraction of sp³-hybridized carbons (Fsp3) is 0. The van der Waals surface area contributed by atoms with Crippen LogP contribution in [0.4, 0.5) is 5.69 Å². The Hall–Kier alpha value is -2.26. The summed E-state index contributed by atoms with van der Waals surface area (Å²) in [5.74, 6) is -0.223. The number of anilines is 1. The summed E-state index contributed by atoms with van der Waals surface area (Å²) in [5, 5.41) is 12.1. The lowest BCUT2D eigenvalue weighted by Crippen LogP contribution is -2.07. The van der Waals surface area contributed by atoms with Crippen molar-refractivity contribution >= 4 is 29.3 Å². The molecule has 2 rings (SSSR count). The van der Waals surface area contributed by atoms with Gasteiger partial charge in [-0.15, -0.1) is 0 Å². The Morgan fingerprint density at radius 3 is 2.58 bits per heavy atom. The molecule has 96 valence electrons. The van der Waals surface area contributed by atoms with Gasteiger partial charge in [-0.3, -0.25) is 4.79 Å². The zero-order valence-electron chi connectivity index (χ0n) is 10.0. The van der Waals surface area contributed by atoms with E-state index in [1.165, 1.54) is 18.2 Å². The van der Waals surface area contributed by atoms with E-state index in [9.17, 15) is 9.90 Å². The Bertz CT molecular complexity index is 609. The van der Waals surface area contributed by atoms with Gasteiger partial charge in [-0.25, -0.2) is 0 Å². The maximum Gasteiger partial charge on any atom is 0.248 e. The number of benzene rings is 2. The van der Waals surface area contributed by atoms with Crippen molar-refractivity contribution in [3.63, 3.8) is 0 Å². The van der Waals surface area contributed by atoms with E-state index >= 15 is 0 Å². The molecule has 0 unspecified atom stereocenters. The summed E-state index contributed by atoms with van der Waals surface area (Å²) in [6, 6.07) is 13.9. The molecule has 2 aromatic rings. The largest absolute Gasteiger partial charge is 0.508 e. The first-order valence-corrected chi connectivity index (χ1v) is 6.05. The lowest BCUT2D eigenvalue weighted by Gasteiger charge is -2.04. The number of hydrogen-bond donors (Lipinski definition) is 2. The molecule has 0 aliphatic carbocycles. The molecule has 0 aliphatic heterocycles. The standard InChI is InChI=1S/C15H12ClNO2/c16-13-10-12(18)7-8-14(13)17-15(19)9-6-11-4-2-1-3-5-11/h1-10,18H,(H,17,19). The summed E-state index contributed by atoms with van der Waals surface area (Å²) in [7, 11) is 0. The Balaban J connectivity index is 2.04. The van der Waals surface area contributed by atoms with E-state index in [0.717, 1.165) is 5.56 Å². The lowest BCUT2D eigenvalue weighted by atomic mass is 10.2. The predicted molar refractivity (Wildman–Crippen MR) is 77.2 cm³/mol. The van der Waals surface area contributed by atoms with Gasteiger partial charge in [0.15, 0.2) is 0 Å². The van der Waals surface area contributed by atoms with Gasteiger partial charge in [-0.1, -0.05) is 41.9 Å². The predicted octanol–water partition coefficient (Wildman–Crippen LogP) is 3.70. The number of rotatable bonds is 3. The summed E-state index contributed by atoms with van der Waals surface area (Å²) in [6.07, 6.45) is 3.14. The number of carbonyl (C=O) groups excluding carboxylic acids is 1. The van der Waals surface area contributed by atoms with Crippen molar-refractivity contribution in [3.05, 3.63) is 65.2 Å². The lowest BCUT2D eigenvalue weighted by molar-refractivity contribution is -0.111. The molecule has 2 N–H and O–H groups in total. The second-order valence-electron chi connectivity index (χ2n) is 3.90. The number of hydrogen-bond acceptors (Lipinski definition) is 2. The van der Waals surface area contributed by atoms with E-state index in [-0.39, 0.29) is 11.7 Å². The first kappa shape index (κ1) is 13.2. The molecule has 0 fully saturated rings. The monoisotopic (exact) mass is 273 g/mol. The van der Waals surface area contributed by atoms with E-state index in [4.69, 9.17) is 11.6 Å². The van der Waals surface area contributed by atoms with E-state index in [1.807, 2.05) is 30.3 Å². The summed E-state index contributed by atoms with van der Waals surface area (Å²) < 4.78 is 0. The fourth-order valence-electron chi connectivity index (χ4n) is 1.52. The van der Waals surface area contributed by atoms with Gasteiger partial charge in [0.25, 0.3) is 0 Å². The highest BCUT2D eigenvalue weighted by Gasteiger charge is 2.03. The average Bonchev–Trinajstić information content (AvgIpc) is 2.41. The maximum absolute atomic E-state index is 11.7. The Labute approximate surface area is 116 Å². The molecule has 0 spiro atoms. The molecule has 0 atom stereocenters. The Kier molecular flexibility index (Phi) is 4.21. The number of halogens is 1. The Morgan fingerprint density at radius 1 is 1.16 bits per heavy atom. The highest BCUT2D eigenvalue weighted by atomic mass is 35.5. The molecule has 0 aromatic heterocycles. The van der Waals surface area contributed by atoms with Crippen LogP contribution in [0.5, 0.6) is 5.75 Å². The van der Waals surface area contributed by atoms with Gasteiger partial charge < -0.3 is 10.4 Å². The molecule has 0 radical (unpaired) electrons. The first-order chi connectivity index (χ1) is 9.15. The zero-order valence-corrected chi connectivity index (χ0v) is 10.8. The van der Waals surface area contributed by atoms with Crippen molar-refractivity contribution in [3.8, 4) is 5.75 Å². The minimum atomic E-state index is -0.281. The molecule has 4 heteroatoms. The van der Waals surface area contributed by atoms with Crippen molar-refractivity contribution < 1.29 is 9.90 Å². The second kappa shape index (κ2) is 6.07. The highest BCUT2D eigenvalue weighted by molar-refractivity contribution is 6.34. The SMILES string of the molecule is O=C(C=Cc1ccccc1)Nc1ccc(O)cc1Cl. The average molecular weight is 274 g/mol. The summed E-state index contributed by atoms with van der Waals surface area (Å²) in [4.78, 5) is 11.7. The number of aromatic hydroxyl groups is 1. The fourth-order valence-corrected chi connectivity index (χ4v) is 1.74. The van der Waals surface area contributed by atoms with Gasteiger partial charge in [0.2, 0.25) is 5.91 Å². The van der Waals surface area contributed by atoms with Crippen LogP contribution in [0.25, 0.3) is 6.08 Å². The molecule has 19 heavy (non-hydrogen) atoms. The minimum Gasteiger partial charge on any atom is -0.508 e. The zero-order chi connectivity index (χ0) is 13.7. The summed E-state index contributed by atoms with van der Waals surface area (Å²) >= 11 is 5.89. The van der Waals surface area contributed by atoms with Crippen LogP contribution in [0.15, 0.2) is 54.6 Å². The number of phenols is 1. The third kappa shape index (κ3) is 3.86. The molecule has 0 heterocycles. The van der Waals surface area contributed by atoms with Crippen LogP contribution in [0.1, 0.15) is 5.56 Å². The van der Waals surface area contributed by atoms with Gasteiger partial charge >= 0.3 is 0 Å². The number of carbonyl (C=O) groups is 1. The van der Waals surface area contributed by atoms with E-state index in [0.29, 0.717) is 10.7 Å². The molecule has 0 bridgehead atoms. The molecule has 1 amide bonds. The van der Waals surface area contributed by atoms with Gasteiger partial charge in [0.05, 0.1) is 10.7 Å². The Morgan fingerprint density at radius 2 is 1.89 bits per heavy atom. The minimum absolute atomic E-state index is 0.0582. The number of amides is 1. The highest BCUT2D eigenvalue weighted by Crippen LogP contribution is 2.25. The molecular weight excluding hydrogens is 262 g/mol. The molecule has 2 aromatic carbocycles. The topological polar surface area (TPSA) is 49.3 Å². The quantitative estimate of drug-likeness (QED) is 0.662. The van der Waals surface area contributed by atoms with Gasteiger partial charge in [0.1, 0.15) is 5.75 Å². The maximum atomic E-state index is 11.7. The normalized spacial score (nSPS) is 10.6.